The summed E-state index contributed by atoms with van der Waals surface area (Å²) < 4.78 is 0. The van der Waals surface area contributed by atoms with E-state index in [2.05, 4.69) is 54.9 Å². The van der Waals surface area contributed by atoms with Gasteiger partial charge in [-0.25, -0.2) is 9.97 Å². The minimum Gasteiger partial charge on any atom is -0.338 e. The van der Waals surface area contributed by atoms with Gasteiger partial charge in [0, 0.05) is 57.0 Å². The lowest BCUT2D eigenvalue weighted by molar-refractivity contribution is 0.198. The van der Waals surface area contributed by atoms with Crippen molar-refractivity contribution in [3.8, 4) is 0 Å². The first-order valence-electron chi connectivity index (χ1n) is 8.28. The molecule has 3 aromatic rings. The molecule has 0 saturated carbocycles. The molecule has 0 N–H and O–H groups in total. The van der Waals surface area contributed by atoms with Crippen molar-refractivity contribution >= 4 is 17.0 Å². The van der Waals surface area contributed by atoms with Gasteiger partial charge in [-0.05, 0) is 30.7 Å². The molecule has 0 aliphatic carbocycles. The van der Waals surface area contributed by atoms with Crippen LogP contribution in [0.15, 0.2) is 49.1 Å². The van der Waals surface area contributed by atoms with Gasteiger partial charge < -0.3 is 4.90 Å². The van der Waals surface area contributed by atoms with Crippen molar-refractivity contribution in [1.29, 1.82) is 0 Å². The summed E-state index contributed by atoms with van der Waals surface area (Å²) in [6.45, 7) is 6.14. The van der Waals surface area contributed by atoms with Crippen molar-refractivity contribution in [2.75, 3.05) is 31.1 Å². The van der Waals surface area contributed by atoms with E-state index in [4.69, 9.17) is 0 Å². The van der Waals surface area contributed by atoms with Gasteiger partial charge in [-0.1, -0.05) is 6.07 Å². The molecule has 2 aromatic heterocycles. The van der Waals surface area contributed by atoms with Crippen LogP contribution in [0, 0.1) is 0 Å². The monoisotopic (exact) mass is 320 g/mol. The number of hydrogen-bond acceptors (Lipinski definition) is 6. The third-order valence-electron chi connectivity index (χ3n) is 4.67. The third kappa shape index (κ3) is 2.92. The number of hydrogen-bond donors (Lipinski definition) is 0. The van der Waals surface area contributed by atoms with Crippen LogP contribution in [0.3, 0.4) is 0 Å². The van der Waals surface area contributed by atoms with Crippen LogP contribution in [0.5, 0.6) is 0 Å². The second-order valence-corrected chi connectivity index (χ2v) is 6.05. The van der Waals surface area contributed by atoms with Gasteiger partial charge in [0.15, 0.2) is 0 Å². The van der Waals surface area contributed by atoms with Crippen molar-refractivity contribution < 1.29 is 0 Å². The smallest absolute Gasteiger partial charge is 0.225 e. The van der Waals surface area contributed by atoms with Crippen molar-refractivity contribution in [2.45, 2.75) is 13.0 Å². The van der Waals surface area contributed by atoms with E-state index < -0.39 is 0 Å². The number of aromatic nitrogens is 4. The summed E-state index contributed by atoms with van der Waals surface area (Å²) in [5, 5.41) is 0. The molecule has 1 aliphatic heterocycles. The van der Waals surface area contributed by atoms with Gasteiger partial charge in [-0.2, -0.15) is 0 Å². The van der Waals surface area contributed by atoms with Crippen LogP contribution < -0.4 is 4.90 Å². The highest BCUT2D eigenvalue weighted by Crippen LogP contribution is 2.24. The van der Waals surface area contributed by atoms with E-state index in [9.17, 15) is 0 Å². The summed E-state index contributed by atoms with van der Waals surface area (Å²) in [5.41, 5.74) is 3.19. The van der Waals surface area contributed by atoms with Gasteiger partial charge in [-0.3, -0.25) is 14.9 Å². The quantitative estimate of drug-likeness (QED) is 0.738. The lowest BCUT2D eigenvalue weighted by Gasteiger charge is -2.38. The maximum Gasteiger partial charge on any atom is 0.225 e. The Morgan fingerprint density at radius 3 is 2.29 bits per heavy atom. The standard InChI is InChI=1S/C18H20N6/c1-14(15-3-4-16-17(13-15)20-8-7-19-16)23-9-11-24(12-10-23)18-21-5-2-6-22-18/h2-8,13-14H,9-12H2,1H3. The fraction of sp³-hybridized carbons (Fsp3) is 0.333. The number of benzene rings is 1. The zero-order valence-electron chi connectivity index (χ0n) is 13.7. The SMILES string of the molecule is CC(c1ccc2nccnc2c1)N1CCN(c2ncccn2)CC1. The van der Waals surface area contributed by atoms with Crippen molar-refractivity contribution in [3.63, 3.8) is 0 Å². The van der Waals surface area contributed by atoms with Crippen molar-refractivity contribution in [3.05, 3.63) is 54.6 Å². The number of anilines is 1. The first-order valence-corrected chi connectivity index (χ1v) is 8.28. The summed E-state index contributed by atoms with van der Waals surface area (Å²) in [4.78, 5) is 22.2. The molecule has 1 aromatic carbocycles. The topological polar surface area (TPSA) is 58.0 Å². The Kier molecular flexibility index (Phi) is 4.04. The molecule has 1 saturated heterocycles. The fourth-order valence-electron chi connectivity index (χ4n) is 3.21. The van der Waals surface area contributed by atoms with E-state index in [0.29, 0.717) is 6.04 Å². The highest BCUT2D eigenvalue weighted by atomic mass is 15.3. The number of piperazine rings is 1. The maximum absolute atomic E-state index is 4.42. The molecule has 122 valence electrons. The number of nitrogens with zero attached hydrogens (tertiary/aromatic N) is 6. The van der Waals surface area contributed by atoms with E-state index in [1.54, 1.807) is 24.8 Å². The van der Waals surface area contributed by atoms with Crippen LogP contribution in [0.1, 0.15) is 18.5 Å². The predicted octanol–water partition coefficient (Wildman–Crippen LogP) is 2.30. The average Bonchev–Trinajstić information content (AvgIpc) is 2.68. The summed E-state index contributed by atoms with van der Waals surface area (Å²) in [6.07, 6.45) is 7.08. The minimum absolute atomic E-state index is 0.357. The Labute approximate surface area is 141 Å². The maximum atomic E-state index is 4.42. The van der Waals surface area contributed by atoms with Gasteiger partial charge in [-0.15, -0.1) is 0 Å². The molecule has 24 heavy (non-hydrogen) atoms. The predicted molar refractivity (Wildman–Crippen MR) is 93.8 cm³/mol. The summed E-state index contributed by atoms with van der Waals surface area (Å²) in [6, 6.07) is 8.58. The lowest BCUT2D eigenvalue weighted by atomic mass is 10.1. The molecule has 0 bridgehead atoms. The Morgan fingerprint density at radius 1 is 0.833 bits per heavy atom. The minimum atomic E-state index is 0.357. The molecule has 3 heterocycles. The Bertz CT molecular complexity index is 814. The molecule has 1 atom stereocenters. The van der Waals surface area contributed by atoms with Crippen molar-refractivity contribution in [1.82, 2.24) is 24.8 Å². The van der Waals surface area contributed by atoms with Crippen LogP contribution in [0.4, 0.5) is 5.95 Å². The Morgan fingerprint density at radius 2 is 1.54 bits per heavy atom. The molecular formula is C18H20N6. The molecular weight excluding hydrogens is 300 g/mol. The van der Waals surface area contributed by atoms with E-state index in [1.807, 2.05) is 6.07 Å². The average molecular weight is 320 g/mol. The highest BCUT2D eigenvalue weighted by molar-refractivity contribution is 5.74. The van der Waals surface area contributed by atoms with Crippen molar-refractivity contribution in [2.24, 2.45) is 0 Å². The van der Waals surface area contributed by atoms with Crippen LogP contribution in [0.25, 0.3) is 11.0 Å². The van der Waals surface area contributed by atoms with Crippen LogP contribution >= 0.6 is 0 Å². The van der Waals surface area contributed by atoms with Gasteiger partial charge in [0.1, 0.15) is 0 Å². The molecule has 6 nitrogen and oxygen atoms in total. The van der Waals surface area contributed by atoms with E-state index in [-0.39, 0.29) is 0 Å². The molecule has 4 rings (SSSR count). The first kappa shape index (κ1) is 15.0. The molecule has 0 amide bonds. The molecule has 0 radical (unpaired) electrons. The van der Waals surface area contributed by atoms with Gasteiger partial charge >= 0.3 is 0 Å². The second-order valence-electron chi connectivity index (χ2n) is 6.05. The summed E-state index contributed by atoms with van der Waals surface area (Å²) in [7, 11) is 0. The Hall–Kier alpha value is -2.60. The zero-order chi connectivity index (χ0) is 16.4. The van der Waals surface area contributed by atoms with Crippen LogP contribution in [0.2, 0.25) is 0 Å². The second kappa shape index (κ2) is 6.49. The molecule has 1 unspecified atom stereocenters. The number of rotatable bonds is 3. The van der Waals surface area contributed by atoms with Crippen LogP contribution in [-0.2, 0) is 0 Å². The number of fused-ring (bicyclic) bond motifs is 1. The highest BCUT2D eigenvalue weighted by Gasteiger charge is 2.23. The van der Waals surface area contributed by atoms with Gasteiger partial charge in [0.05, 0.1) is 11.0 Å². The van der Waals surface area contributed by atoms with Gasteiger partial charge in [0.25, 0.3) is 0 Å². The molecule has 0 spiro atoms. The molecule has 1 aliphatic rings. The van der Waals surface area contributed by atoms with Gasteiger partial charge in [0.2, 0.25) is 5.95 Å². The largest absolute Gasteiger partial charge is 0.338 e. The van der Waals surface area contributed by atoms with E-state index >= 15 is 0 Å². The summed E-state index contributed by atoms with van der Waals surface area (Å²) in [5.74, 6) is 0.825. The summed E-state index contributed by atoms with van der Waals surface area (Å²) >= 11 is 0. The molecule has 1 fully saturated rings. The zero-order valence-corrected chi connectivity index (χ0v) is 13.7. The van der Waals surface area contributed by atoms with E-state index in [1.165, 1.54) is 5.56 Å². The third-order valence-corrected chi connectivity index (χ3v) is 4.67. The van der Waals surface area contributed by atoms with Crippen LogP contribution in [-0.4, -0.2) is 51.0 Å². The first-order chi connectivity index (χ1) is 11.8. The lowest BCUT2D eigenvalue weighted by Crippen LogP contribution is -2.47. The normalized spacial score (nSPS) is 17.1. The molecule has 6 heteroatoms. The van der Waals surface area contributed by atoms with E-state index in [0.717, 1.165) is 43.2 Å². The fourth-order valence-corrected chi connectivity index (χ4v) is 3.21. The Balaban J connectivity index is 1.46.